The molecular weight excluding hydrogens is 338 g/mol. The van der Waals surface area contributed by atoms with Crippen molar-refractivity contribution in [1.82, 2.24) is 14.9 Å². The van der Waals surface area contributed by atoms with Gasteiger partial charge in [0, 0.05) is 5.56 Å². The van der Waals surface area contributed by atoms with Crippen molar-refractivity contribution in [2.24, 2.45) is 0 Å². The topological polar surface area (TPSA) is 85.1 Å². The molecular formula is C18H19N3O3S. The molecule has 0 amide bonds. The van der Waals surface area contributed by atoms with Gasteiger partial charge in [-0.05, 0) is 37.1 Å². The third-order valence-electron chi connectivity index (χ3n) is 3.78. The molecule has 3 rings (SSSR count). The highest BCUT2D eigenvalue weighted by Gasteiger charge is 2.15. The fourth-order valence-corrected chi connectivity index (χ4v) is 3.60. The molecule has 0 spiro atoms. The minimum Gasteiger partial charge on any atom is -0.419 e. The lowest BCUT2D eigenvalue weighted by Crippen LogP contribution is -2.25. The van der Waals surface area contributed by atoms with Crippen molar-refractivity contribution in [3.63, 3.8) is 0 Å². The molecule has 0 radical (unpaired) electrons. The second kappa shape index (κ2) is 7.16. The summed E-state index contributed by atoms with van der Waals surface area (Å²) in [6.07, 6.45) is 0. The van der Waals surface area contributed by atoms with Crippen LogP contribution in [0, 0.1) is 13.8 Å². The first kappa shape index (κ1) is 17.3. The number of benzene rings is 2. The number of sulfonamides is 1. The molecule has 130 valence electrons. The van der Waals surface area contributed by atoms with Crippen LogP contribution in [0.1, 0.15) is 22.6 Å². The summed E-state index contributed by atoms with van der Waals surface area (Å²) in [6, 6.07) is 15.1. The van der Waals surface area contributed by atoms with E-state index in [9.17, 15) is 8.42 Å². The maximum atomic E-state index is 12.2. The Hall–Kier alpha value is -2.51. The van der Waals surface area contributed by atoms with Crippen molar-refractivity contribution in [2.75, 3.05) is 0 Å². The van der Waals surface area contributed by atoms with Gasteiger partial charge in [-0.25, -0.2) is 13.1 Å². The largest absolute Gasteiger partial charge is 0.419 e. The molecule has 0 aliphatic carbocycles. The first-order valence-corrected chi connectivity index (χ1v) is 9.49. The number of aryl methyl sites for hydroxylation is 2. The van der Waals surface area contributed by atoms with Crippen LogP contribution >= 0.6 is 0 Å². The Labute approximate surface area is 147 Å². The van der Waals surface area contributed by atoms with Crippen molar-refractivity contribution < 1.29 is 12.8 Å². The third-order valence-corrected chi connectivity index (χ3v) is 5.06. The van der Waals surface area contributed by atoms with E-state index in [0.29, 0.717) is 5.89 Å². The molecule has 2 aromatic carbocycles. The Kier molecular flexibility index (Phi) is 4.96. The Bertz CT molecular complexity index is 980. The van der Waals surface area contributed by atoms with Crippen LogP contribution in [0.25, 0.3) is 11.5 Å². The zero-order valence-electron chi connectivity index (χ0n) is 14.1. The molecule has 1 aromatic heterocycles. The van der Waals surface area contributed by atoms with E-state index in [-0.39, 0.29) is 18.2 Å². The Morgan fingerprint density at radius 3 is 2.60 bits per heavy atom. The predicted molar refractivity (Wildman–Crippen MR) is 95.1 cm³/mol. The van der Waals surface area contributed by atoms with E-state index in [4.69, 9.17) is 4.42 Å². The first-order valence-electron chi connectivity index (χ1n) is 7.84. The predicted octanol–water partition coefficient (Wildman–Crippen LogP) is 2.97. The fourth-order valence-electron chi connectivity index (χ4n) is 2.42. The van der Waals surface area contributed by atoms with Gasteiger partial charge >= 0.3 is 0 Å². The Morgan fingerprint density at radius 2 is 1.84 bits per heavy atom. The fraction of sp³-hybridized carbons (Fsp3) is 0.222. The van der Waals surface area contributed by atoms with Crippen molar-refractivity contribution in [2.45, 2.75) is 26.1 Å². The number of rotatable bonds is 6. The molecule has 0 saturated heterocycles. The number of hydrogen-bond acceptors (Lipinski definition) is 5. The maximum absolute atomic E-state index is 12.2. The van der Waals surface area contributed by atoms with Crippen LogP contribution in [0.4, 0.5) is 0 Å². The maximum Gasteiger partial charge on any atom is 0.247 e. The molecule has 6 nitrogen and oxygen atoms in total. The lowest BCUT2D eigenvalue weighted by atomic mass is 10.1. The lowest BCUT2D eigenvalue weighted by Gasteiger charge is -2.07. The van der Waals surface area contributed by atoms with E-state index in [0.717, 1.165) is 22.3 Å². The van der Waals surface area contributed by atoms with Crippen LogP contribution in [0.15, 0.2) is 52.9 Å². The number of hydrogen-bond donors (Lipinski definition) is 1. The molecule has 0 aliphatic rings. The molecule has 0 saturated carbocycles. The van der Waals surface area contributed by atoms with Gasteiger partial charge in [-0.1, -0.05) is 42.0 Å². The normalized spacial score (nSPS) is 11.6. The highest BCUT2D eigenvalue weighted by Crippen LogP contribution is 2.19. The molecule has 1 N–H and O–H groups in total. The van der Waals surface area contributed by atoms with E-state index in [2.05, 4.69) is 14.9 Å². The summed E-state index contributed by atoms with van der Waals surface area (Å²) in [5.41, 5.74) is 3.59. The van der Waals surface area contributed by atoms with Crippen LogP contribution in [-0.2, 0) is 22.3 Å². The van der Waals surface area contributed by atoms with Crippen LogP contribution in [0.2, 0.25) is 0 Å². The van der Waals surface area contributed by atoms with E-state index in [1.165, 1.54) is 0 Å². The zero-order chi connectivity index (χ0) is 17.9. The summed E-state index contributed by atoms with van der Waals surface area (Å²) >= 11 is 0. The van der Waals surface area contributed by atoms with E-state index < -0.39 is 10.0 Å². The summed E-state index contributed by atoms with van der Waals surface area (Å²) in [6.45, 7) is 3.82. The Balaban J connectivity index is 1.66. The molecule has 1 heterocycles. The average molecular weight is 357 g/mol. The zero-order valence-corrected chi connectivity index (χ0v) is 14.9. The minimum atomic E-state index is -3.50. The van der Waals surface area contributed by atoms with Gasteiger partial charge in [0.2, 0.25) is 21.8 Å². The SMILES string of the molecule is Cc1cccc(-c2nnc(CNS(=O)(=O)Cc3ccccc3C)o2)c1. The second-order valence-corrected chi connectivity index (χ2v) is 7.68. The first-order chi connectivity index (χ1) is 11.9. The van der Waals surface area contributed by atoms with E-state index in [1.807, 2.05) is 56.3 Å². The van der Waals surface area contributed by atoms with Gasteiger partial charge in [-0.3, -0.25) is 0 Å². The second-order valence-electron chi connectivity index (χ2n) is 5.88. The number of nitrogens with one attached hydrogen (secondary N) is 1. The van der Waals surface area contributed by atoms with Gasteiger partial charge in [0.05, 0.1) is 12.3 Å². The van der Waals surface area contributed by atoms with Crippen LogP contribution < -0.4 is 4.72 Å². The monoisotopic (exact) mass is 357 g/mol. The molecule has 0 aliphatic heterocycles. The summed E-state index contributed by atoms with van der Waals surface area (Å²) in [7, 11) is -3.50. The Morgan fingerprint density at radius 1 is 1.04 bits per heavy atom. The molecule has 0 bridgehead atoms. The van der Waals surface area contributed by atoms with Crippen molar-refractivity contribution in [3.8, 4) is 11.5 Å². The van der Waals surface area contributed by atoms with Crippen molar-refractivity contribution >= 4 is 10.0 Å². The molecule has 25 heavy (non-hydrogen) atoms. The van der Waals surface area contributed by atoms with Crippen LogP contribution in [0.5, 0.6) is 0 Å². The van der Waals surface area contributed by atoms with Gasteiger partial charge in [0.25, 0.3) is 0 Å². The third kappa shape index (κ3) is 4.52. The number of nitrogens with zero attached hydrogens (tertiary/aromatic N) is 2. The smallest absolute Gasteiger partial charge is 0.247 e. The van der Waals surface area contributed by atoms with Crippen LogP contribution in [-0.4, -0.2) is 18.6 Å². The highest BCUT2D eigenvalue weighted by atomic mass is 32.2. The van der Waals surface area contributed by atoms with E-state index in [1.54, 1.807) is 6.07 Å². The van der Waals surface area contributed by atoms with E-state index >= 15 is 0 Å². The molecule has 0 unspecified atom stereocenters. The van der Waals surface area contributed by atoms with Gasteiger partial charge in [0.15, 0.2) is 0 Å². The molecule has 0 atom stereocenters. The number of aromatic nitrogens is 2. The molecule has 0 fully saturated rings. The minimum absolute atomic E-state index is 0.0347. The summed E-state index contributed by atoms with van der Waals surface area (Å²) in [4.78, 5) is 0. The standard InChI is InChI=1S/C18H19N3O3S/c1-13-6-5-9-15(10-13)18-21-20-17(24-18)11-19-25(22,23)12-16-8-4-3-7-14(16)2/h3-10,19H,11-12H2,1-2H3. The summed E-state index contributed by atoms with van der Waals surface area (Å²) in [5.74, 6) is 0.514. The van der Waals surface area contributed by atoms with Crippen LogP contribution in [0.3, 0.4) is 0 Å². The van der Waals surface area contributed by atoms with Crippen molar-refractivity contribution in [1.29, 1.82) is 0 Å². The summed E-state index contributed by atoms with van der Waals surface area (Å²) < 4.78 is 32.5. The van der Waals surface area contributed by atoms with Crippen molar-refractivity contribution in [3.05, 3.63) is 71.1 Å². The molecule has 3 aromatic rings. The highest BCUT2D eigenvalue weighted by molar-refractivity contribution is 7.88. The summed E-state index contributed by atoms with van der Waals surface area (Å²) in [5, 5.41) is 7.88. The van der Waals surface area contributed by atoms with Gasteiger partial charge in [0.1, 0.15) is 0 Å². The van der Waals surface area contributed by atoms with Gasteiger partial charge in [-0.2, -0.15) is 0 Å². The quantitative estimate of drug-likeness (QED) is 0.733. The van der Waals surface area contributed by atoms with Gasteiger partial charge < -0.3 is 4.42 Å². The van der Waals surface area contributed by atoms with Gasteiger partial charge in [-0.15, -0.1) is 10.2 Å². The average Bonchev–Trinajstić information content (AvgIpc) is 3.04. The molecule has 7 heteroatoms. The lowest BCUT2D eigenvalue weighted by molar-refractivity contribution is 0.494.